The third-order valence-corrected chi connectivity index (χ3v) is 4.24. The molecule has 3 N–H and O–H groups in total. The van der Waals surface area contributed by atoms with Crippen LogP contribution in [0.1, 0.15) is 33.7 Å². The first-order chi connectivity index (χ1) is 11.0. The maximum atomic E-state index is 12.8. The second kappa shape index (κ2) is 8.03. The van der Waals surface area contributed by atoms with Crippen molar-refractivity contribution in [2.24, 2.45) is 5.73 Å². The fourth-order valence-corrected chi connectivity index (χ4v) is 2.79. The Bertz CT molecular complexity index is 656. The van der Waals surface area contributed by atoms with E-state index in [0.29, 0.717) is 27.9 Å². The van der Waals surface area contributed by atoms with E-state index in [-0.39, 0.29) is 24.4 Å². The lowest BCUT2D eigenvalue weighted by Gasteiger charge is -2.06. The van der Waals surface area contributed by atoms with E-state index in [1.807, 2.05) is 6.92 Å². The molecule has 0 aliphatic heterocycles. The van der Waals surface area contributed by atoms with E-state index >= 15 is 0 Å². The van der Waals surface area contributed by atoms with E-state index < -0.39 is 0 Å². The monoisotopic (exact) mass is 337 g/mol. The molecule has 1 aromatic carbocycles. The van der Waals surface area contributed by atoms with Gasteiger partial charge in [0.25, 0.3) is 5.91 Å². The summed E-state index contributed by atoms with van der Waals surface area (Å²) in [4.78, 5) is 17.0. The number of thiazole rings is 1. The number of aryl methyl sites for hydroxylation is 1. The third kappa shape index (κ3) is 5.30. The SMILES string of the molecule is Cc1nc(COc2ccc(F)cc2)sc1C(=O)NCCC(C)N. The Morgan fingerprint density at radius 3 is 2.78 bits per heavy atom. The highest BCUT2D eigenvalue weighted by atomic mass is 32.1. The molecule has 0 aliphatic carbocycles. The number of carbonyl (C=O) groups excluding carboxylic acids is 1. The number of nitrogens with one attached hydrogen (secondary N) is 1. The number of amides is 1. The molecule has 2 aromatic rings. The van der Waals surface area contributed by atoms with Crippen molar-refractivity contribution < 1.29 is 13.9 Å². The Hall–Kier alpha value is -1.99. The average molecular weight is 337 g/mol. The topological polar surface area (TPSA) is 77.2 Å². The van der Waals surface area contributed by atoms with Gasteiger partial charge in [-0.15, -0.1) is 11.3 Å². The molecule has 124 valence electrons. The number of hydrogen-bond acceptors (Lipinski definition) is 5. The van der Waals surface area contributed by atoms with Gasteiger partial charge in [-0.1, -0.05) is 0 Å². The summed E-state index contributed by atoms with van der Waals surface area (Å²) in [5.41, 5.74) is 6.33. The van der Waals surface area contributed by atoms with Crippen molar-refractivity contribution in [2.75, 3.05) is 6.54 Å². The molecule has 1 unspecified atom stereocenters. The van der Waals surface area contributed by atoms with Crippen LogP contribution in [0.2, 0.25) is 0 Å². The zero-order chi connectivity index (χ0) is 16.8. The molecule has 0 saturated heterocycles. The van der Waals surface area contributed by atoms with Crippen molar-refractivity contribution in [1.29, 1.82) is 0 Å². The van der Waals surface area contributed by atoms with Crippen LogP contribution in [0.15, 0.2) is 24.3 Å². The minimum Gasteiger partial charge on any atom is -0.486 e. The molecule has 0 spiro atoms. The lowest BCUT2D eigenvalue weighted by atomic mass is 10.2. The summed E-state index contributed by atoms with van der Waals surface area (Å²) in [6.45, 7) is 4.47. The minimum atomic E-state index is -0.312. The van der Waals surface area contributed by atoms with E-state index in [4.69, 9.17) is 10.5 Å². The van der Waals surface area contributed by atoms with Gasteiger partial charge in [-0.05, 0) is 44.5 Å². The largest absolute Gasteiger partial charge is 0.486 e. The number of rotatable bonds is 7. The lowest BCUT2D eigenvalue weighted by Crippen LogP contribution is -2.28. The standard InChI is InChI=1S/C16H20FN3O2S/c1-10(18)7-8-19-16(21)15-11(2)20-14(23-15)9-22-13-5-3-12(17)4-6-13/h3-6,10H,7-9,18H2,1-2H3,(H,19,21). The zero-order valence-corrected chi connectivity index (χ0v) is 14.0. The quantitative estimate of drug-likeness (QED) is 0.814. The molecule has 1 aromatic heterocycles. The van der Waals surface area contributed by atoms with Crippen molar-refractivity contribution in [3.63, 3.8) is 0 Å². The summed E-state index contributed by atoms with van der Waals surface area (Å²) in [6.07, 6.45) is 0.726. The molecular formula is C16H20FN3O2S. The first kappa shape index (κ1) is 17.4. The first-order valence-corrected chi connectivity index (χ1v) is 8.16. The maximum Gasteiger partial charge on any atom is 0.263 e. The summed E-state index contributed by atoms with van der Waals surface area (Å²) in [7, 11) is 0. The third-order valence-electron chi connectivity index (χ3n) is 3.11. The number of halogens is 1. The Morgan fingerprint density at radius 1 is 1.43 bits per heavy atom. The number of nitrogens with two attached hydrogens (primary N) is 1. The van der Waals surface area contributed by atoms with Crippen LogP contribution in [0.25, 0.3) is 0 Å². The van der Waals surface area contributed by atoms with E-state index in [9.17, 15) is 9.18 Å². The van der Waals surface area contributed by atoms with Crippen molar-refractivity contribution >= 4 is 17.2 Å². The molecular weight excluding hydrogens is 317 g/mol. The number of nitrogens with zero attached hydrogens (tertiary/aromatic N) is 1. The molecule has 0 saturated carbocycles. The van der Waals surface area contributed by atoms with E-state index in [1.165, 1.54) is 23.5 Å². The molecule has 23 heavy (non-hydrogen) atoms. The molecule has 2 rings (SSSR count). The van der Waals surface area contributed by atoms with Crippen LogP contribution < -0.4 is 15.8 Å². The van der Waals surface area contributed by atoms with Crippen molar-refractivity contribution in [2.45, 2.75) is 32.9 Å². The Morgan fingerprint density at radius 2 is 2.13 bits per heavy atom. The number of carbonyl (C=O) groups is 1. The summed E-state index contributed by atoms with van der Waals surface area (Å²) in [5.74, 6) is 0.101. The lowest BCUT2D eigenvalue weighted by molar-refractivity contribution is 0.0956. The predicted molar refractivity (Wildman–Crippen MR) is 88.2 cm³/mol. The molecule has 0 radical (unpaired) electrons. The van der Waals surface area contributed by atoms with E-state index in [0.717, 1.165) is 6.42 Å². The molecule has 1 atom stereocenters. The van der Waals surface area contributed by atoms with Crippen LogP contribution in [-0.4, -0.2) is 23.5 Å². The van der Waals surface area contributed by atoms with E-state index in [1.54, 1.807) is 19.1 Å². The highest BCUT2D eigenvalue weighted by Crippen LogP contribution is 2.20. The Kier molecular flexibility index (Phi) is 6.06. The van der Waals surface area contributed by atoms with Crippen molar-refractivity contribution in [3.05, 3.63) is 45.7 Å². The summed E-state index contributed by atoms with van der Waals surface area (Å²) < 4.78 is 18.4. The molecule has 0 fully saturated rings. The van der Waals surface area contributed by atoms with Crippen molar-refractivity contribution in [1.82, 2.24) is 10.3 Å². The van der Waals surface area contributed by atoms with Gasteiger partial charge in [0.2, 0.25) is 0 Å². The number of aromatic nitrogens is 1. The molecule has 1 heterocycles. The van der Waals surface area contributed by atoms with Gasteiger partial charge < -0.3 is 15.8 Å². The van der Waals surface area contributed by atoms with Crippen LogP contribution in [0.5, 0.6) is 5.75 Å². The molecule has 5 nitrogen and oxygen atoms in total. The fourth-order valence-electron chi connectivity index (χ4n) is 1.89. The van der Waals surface area contributed by atoms with Gasteiger partial charge in [-0.25, -0.2) is 9.37 Å². The Labute approximate surface area is 138 Å². The van der Waals surface area contributed by atoms with Crippen LogP contribution in [0.3, 0.4) is 0 Å². The molecule has 7 heteroatoms. The number of benzene rings is 1. The first-order valence-electron chi connectivity index (χ1n) is 7.34. The fraction of sp³-hybridized carbons (Fsp3) is 0.375. The second-order valence-electron chi connectivity index (χ2n) is 5.29. The van der Waals surface area contributed by atoms with Gasteiger partial charge in [0.15, 0.2) is 0 Å². The normalized spacial score (nSPS) is 12.0. The number of ether oxygens (including phenoxy) is 1. The van der Waals surface area contributed by atoms with Crippen molar-refractivity contribution in [3.8, 4) is 5.75 Å². The van der Waals surface area contributed by atoms with Crippen LogP contribution >= 0.6 is 11.3 Å². The van der Waals surface area contributed by atoms with Gasteiger partial charge in [0, 0.05) is 12.6 Å². The van der Waals surface area contributed by atoms with Crippen LogP contribution in [0, 0.1) is 12.7 Å². The highest BCUT2D eigenvalue weighted by molar-refractivity contribution is 7.13. The summed E-state index contributed by atoms with van der Waals surface area (Å²) >= 11 is 1.30. The van der Waals surface area contributed by atoms with Gasteiger partial charge in [0.05, 0.1) is 5.69 Å². The summed E-state index contributed by atoms with van der Waals surface area (Å²) in [6, 6.07) is 5.83. The molecule has 0 aliphatic rings. The van der Waals surface area contributed by atoms with Gasteiger partial charge in [0.1, 0.15) is 28.1 Å². The predicted octanol–water partition coefficient (Wildman–Crippen LogP) is 2.64. The zero-order valence-electron chi connectivity index (χ0n) is 13.1. The number of hydrogen-bond donors (Lipinski definition) is 2. The maximum absolute atomic E-state index is 12.8. The van der Waals surface area contributed by atoms with Gasteiger partial charge in [-0.3, -0.25) is 4.79 Å². The van der Waals surface area contributed by atoms with Gasteiger partial charge in [-0.2, -0.15) is 0 Å². The second-order valence-corrected chi connectivity index (χ2v) is 6.37. The molecule has 1 amide bonds. The summed E-state index contributed by atoms with van der Waals surface area (Å²) in [5, 5.41) is 3.53. The Balaban J connectivity index is 1.92. The minimum absolute atomic E-state index is 0.0533. The molecule has 0 bridgehead atoms. The average Bonchev–Trinajstić information content (AvgIpc) is 2.87. The van der Waals surface area contributed by atoms with Crippen LogP contribution in [-0.2, 0) is 6.61 Å². The van der Waals surface area contributed by atoms with Gasteiger partial charge >= 0.3 is 0 Å². The van der Waals surface area contributed by atoms with E-state index in [2.05, 4.69) is 10.3 Å². The highest BCUT2D eigenvalue weighted by Gasteiger charge is 2.15. The smallest absolute Gasteiger partial charge is 0.263 e. The van der Waals surface area contributed by atoms with Crippen LogP contribution in [0.4, 0.5) is 4.39 Å².